The number of benzene rings is 1. The van der Waals surface area contributed by atoms with Crippen LogP contribution in [0, 0.1) is 18.2 Å². The second kappa shape index (κ2) is 7.46. The molecule has 0 fully saturated rings. The lowest BCUT2D eigenvalue weighted by Gasteiger charge is -2.19. The Balaban J connectivity index is 2.52. The van der Waals surface area contributed by atoms with Crippen molar-refractivity contribution in [3.8, 4) is 12.3 Å². The molecule has 3 nitrogen and oxygen atoms in total. The normalized spacial score (nSPS) is 10.1. The topological polar surface area (TPSA) is 32.3 Å². The maximum absolute atomic E-state index is 13.0. The molecule has 0 spiro atoms. The smallest absolute Gasteiger partial charge is 0.234 e. The molecule has 1 aromatic carbocycles. The van der Waals surface area contributed by atoms with Gasteiger partial charge in [0.05, 0.1) is 13.1 Å². The fraction of sp³-hybridized carbons (Fsp3) is 0.357. The number of carbonyl (C=O) groups is 1. The van der Waals surface area contributed by atoms with Crippen LogP contribution in [-0.4, -0.2) is 30.4 Å². The van der Waals surface area contributed by atoms with Gasteiger partial charge in [-0.25, -0.2) is 4.39 Å². The summed E-state index contributed by atoms with van der Waals surface area (Å²) in [5, 5.41) is 2.60. The first-order valence-electron chi connectivity index (χ1n) is 5.82. The van der Waals surface area contributed by atoms with Crippen LogP contribution in [0.15, 0.2) is 24.3 Å². The summed E-state index contributed by atoms with van der Waals surface area (Å²) in [7, 11) is 0. The third-order valence-corrected chi connectivity index (χ3v) is 2.50. The number of rotatable bonds is 6. The zero-order chi connectivity index (χ0) is 13.4. The minimum Gasteiger partial charge on any atom is -0.344 e. The van der Waals surface area contributed by atoms with Gasteiger partial charge >= 0.3 is 0 Å². The van der Waals surface area contributed by atoms with Crippen LogP contribution in [0.5, 0.6) is 0 Å². The van der Waals surface area contributed by atoms with Gasteiger partial charge < -0.3 is 5.32 Å². The van der Waals surface area contributed by atoms with E-state index >= 15 is 0 Å². The molecule has 18 heavy (non-hydrogen) atoms. The van der Waals surface area contributed by atoms with Gasteiger partial charge in [0, 0.05) is 6.54 Å². The van der Waals surface area contributed by atoms with Crippen molar-refractivity contribution in [2.75, 3.05) is 19.6 Å². The zero-order valence-corrected chi connectivity index (χ0v) is 10.4. The molecule has 0 atom stereocenters. The second-order valence-corrected chi connectivity index (χ2v) is 3.91. The van der Waals surface area contributed by atoms with Gasteiger partial charge in [0.2, 0.25) is 5.91 Å². The standard InChI is InChI=1S/C14H17FN2O/c1-3-8-16-14(18)11-17(4-2)10-12-6-5-7-13(15)9-12/h1,5-7,9H,4,8,10-11H2,2H3,(H,16,18). The average molecular weight is 248 g/mol. The molecule has 1 N–H and O–H groups in total. The van der Waals surface area contributed by atoms with Crippen LogP contribution >= 0.6 is 0 Å². The number of carbonyl (C=O) groups excluding carboxylic acids is 1. The Morgan fingerprint density at radius 3 is 2.94 bits per heavy atom. The van der Waals surface area contributed by atoms with E-state index in [1.807, 2.05) is 17.9 Å². The van der Waals surface area contributed by atoms with Crippen molar-refractivity contribution in [1.82, 2.24) is 10.2 Å². The predicted molar refractivity (Wildman–Crippen MR) is 69.2 cm³/mol. The van der Waals surface area contributed by atoms with Gasteiger partial charge in [-0.3, -0.25) is 9.69 Å². The number of nitrogens with zero attached hydrogens (tertiary/aromatic N) is 1. The summed E-state index contributed by atoms with van der Waals surface area (Å²) in [5.74, 6) is 1.96. The highest BCUT2D eigenvalue weighted by Crippen LogP contribution is 2.06. The Hall–Kier alpha value is -1.86. The molecule has 1 amide bonds. The Labute approximate surface area is 107 Å². The van der Waals surface area contributed by atoms with E-state index in [-0.39, 0.29) is 24.8 Å². The van der Waals surface area contributed by atoms with E-state index in [9.17, 15) is 9.18 Å². The quantitative estimate of drug-likeness (QED) is 0.772. The van der Waals surface area contributed by atoms with E-state index in [0.29, 0.717) is 13.1 Å². The summed E-state index contributed by atoms with van der Waals surface area (Å²) < 4.78 is 13.0. The summed E-state index contributed by atoms with van der Waals surface area (Å²) in [5.41, 5.74) is 0.849. The van der Waals surface area contributed by atoms with Gasteiger partial charge in [-0.15, -0.1) is 6.42 Å². The van der Waals surface area contributed by atoms with Crippen LogP contribution in [-0.2, 0) is 11.3 Å². The Kier molecular flexibility index (Phi) is 5.89. The SMILES string of the molecule is C#CCNC(=O)CN(CC)Cc1cccc(F)c1. The molecule has 0 aliphatic heterocycles. The van der Waals surface area contributed by atoms with Crippen LogP contribution in [0.4, 0.5) is 4.39 Å². The third-order valence-electron chi connectivity index (χ3n) is 2.50. The summed E-state index contributed by atoms with van der Waals surface area (Å²) in [4.78, 5) is 13.4. The molecule has 4 heteroatoms. The summed E-state index contributed by atoms with van der Waals surface area (Å²) in [6.45, 7) is 3.69. The van der Waals surface area contributed by atoms with E-state index in [0.717, 1.165) is 5.56 Å². The summed E-state index contributed by atoms with van der Waals surface area (Å²) in [6, 6.07) is 6.38. The number of nitrogens with one attached hydrogen (secondary N) is 1. The number of hydrogen-bond acceptors (Lipinski definition) is 2. The lowest BCUT2D eigenvalue weighted by atomic mass is 10.2. The lowest BCUT2D eigenvalue weighted by Crippen LogP contribution is -2.37. The molecule has 0 saturated heterocycles. The predicted octanol–water partition coefficient (Wildman–Crippen LogP) is 1.40. The van der Waals surface area contributed by atoms with Crippen molar-refractivity contribution < 1.29 is 9.18 Å². The summed E-state index contributed by atoms with van der Waals surface area (Å²) in [6.07, 6.45) is 5.06. The van der Waals surface area contributed by atoms with Gasteiger partial charge in [0.15, 0.2) is 0 Å². The molecule has 96 valence electrons. The number of halogens is 1. The number of hydrogen-bond donors (Lipinski definition) is 1. The Morgan fingerprint density at radius 2 is 2.33 bits per heavy atom. The maximum Gasteiger partial charge on any atom is 0.234 e. The van der Waals surface area contributed by atoms with E-state index < -0.39 is 0 Å². The lowest BCUT2D eigenvalue weighted by molar-refractivity contribution is -0.122. The molecule has 0 unspecified atom stereocenters. The minimum atomic E-state index is -0.264. The zero-order valence-electron chi connectivity index (χ0n) is 10.4. The Bertz CT molecular complexity index is 440. The van der Waals surface area contributed by atoms with Crippen LogP contribution < -0.4 is 5.32 Å². The molecule has 0 radical (unpaired) electrons. The highest BCUT2D eigenvalue weighted by Gasteiger charge is 2.09. The molecule has 0 aliphatic carbocycles. The van der Waals surface area contributed by atoms with Crippen molar-refractivity contribution in [3.05, 3.63) is 35.6 Å². The molecule has 0 bridgehead atoms. The van der Waals surface area contributed by atoms with Gasteiger partial charge in [-0.2, -0.15) is 0 Å². The minimum absolute atomic E-state index is 0.119. The van der Waals surface area contributed by atoms with Gasteiger partial charge in [0.1, 0.15) is 5.82 Å². The van der Waals surface area contributed by atoms with Gasteiger partial charge in [-0.05, 0) is 24.2 Å². The molecule has 0 aromatic heterocycles. The fourth-order valence-electron chi connectivity index (χ4n) is 1.58. The van der Waals surface area contributed by atoms with E-state index in [2.05, 4.69) is 11.2 Å². The average Bonchev–Trinajstić information content (AvgIpc) is 2.35. The van der Waals surface area contributed by atoms with Crippen molar-refractivity contribution in [2.45, 2.75) is 13.5 Å². The number of terminal acetylenes is 1. The molecule has 1 rings (SSSR count). The fourth-order valence-corrected chi connectivity index (χ4v) is 1.58. The summed E-state index contributed by atoms with van der Waals surface area (Å²) >= 11 is 0. The molecule has 1 aromatic rings. The first-order valence-corrected chi connectivity index (χ1v) is 5.82. The molecular weight excluding hydrogens is 231 g/mol. The van der Waals surface area contributed by atoms with Crippen molar-refractivity contribution in [2.24, 2.45) is 0 Å². The van der Waals surface area contributed by atoms with Crippen molar-refractivity contribution in [1.29, 1.82) is 0 Å². The first kappa shape index (κ1) is 14.2. The number of amides is 1. The molecule has 0 aliphatic rings. The monoisotopic (exact) mass is 248 g/mol. The van der Waals surface area contributed by atoms with Crippen molar-refractivity contribution >= 4 is 5.91 Å². The Morgan fingerprint density at radius 1 is 1.56 bits per heavy atom. The maximum atomic E-state index is 13.0. The third kappa shape index (κ3) is 4.98. The van der Waals surface area contributed by atoms with Crippen LogP contribution in [0.25, 0.3) is 0 Å². The first-order chi connectivity index (χ1) is 8.65. The van der Waals surface area contributed by atoms with Crippen LogP contribution in [0.3, 0.4) is 0 Å². The van der Waals surface area contributed by atoms with E-state index in [4.69, 9.17) is 6.42 Å². The van der Waals surface area contributed by atoms with E-state index in [1.54, 1.807) is 6.07 Å². The second-order valence-electron chi connectivity index (χ2n) is 3.91. The highest BCUT2D eigenvalue weighted by atomic mass is 19.1. The van der Waals surface area contributed by atoms with Crippen molar-refractivity contribution in [3.63, 3.8) is 0 Å². The van der Waals surface area contributed by atoms with Gasteiger partial charge in [0.25, 0.3) is 0 Å². The van der Waals surface area contributed by atoms with E-state index in [1.165, 1.54) is 12.1 Å². The largest absolute Gasteiger partial charge is 0.344 e. The van der Waals surface area contributed by atoms with Gasteiger partial charge in [-0.1, -0.05) is 25.0 Å². The highest BCUT2D eigenvalue weighted by molar-refractivity contribution is 5.78. The number of likely N-dealkylation sites (N-methyl/N-ethyl adjacent to an activating group) is 1. The van der Waals surface area contributed by atoms with Crippen LogP contribution in [0.1, 0.15) is 12.5 Å². The molecule has 0 saturated carbocycles. The molecule has 0 heterocycles. The van der Waals surface area contributed by atoms with Crippen LogP contribution in [0.2, 0.25) is 0 Å². The molecular formula is C14H17FN2O.